The van der Waals surface area contributed by atoms with Gasteiger partial charge in [0, 0.05) is 74.9 Å². The smallest absolute Gasteiger partial charge is 0.321 e. The number of ketones is 2. The van der Waals surface area contributed by atoms with E-state index in [0.717, 1.165) is 70.3 Å². The predicted molar refractivity (Wildman–Crippen MR) is 261 cm³/mol. The number of aryl methyl sites for hydroxylation is 2. The number of hydrogen-bond acceptors (Lipinski definition) is 8. The molecule has 3 aliphatic rings. The van der Waals surface area contributed by atoms with Crippen LogP contribution >= 0.6 is 0 Å². The molecule has 10 nitrogen and oxygen atoms in total. The summed E-state index contributed by atoms with van der Waals surface area (Å²) in [6.07, 6.45) is 14.6. The molecule has 3 aromatic heterocycles. The summed E-state index contributed by atoms with van der Waals surface area (Å²) in [5.41, 5.74) is 10.1. The first kappa shape index (κ1) is 49.6. The van der Waals surface area contributed by atoms with Crippen molar-refractivity contribution >= 4 is 45.6 Å². The minimum Gasteiger partial charge on any atom is -0.468 e. The van der Waals surface area contributed by atoms with Crippen LogP contribution in [0, 0.1) is 31.6 Å². The number of allylic oxidation sites excluding steroid dienone is 1. The fraction of sp³-hybridized carbons (Fsp3) is 0.600. The fourth-order valence-electron chi connectivity index (χ4n) is 10.8. The van der Waals surface area contributed by atoms with E-state index in [4.69, 9.17) is 19.4 Å². The lowest BCUT2D eigenvalue weighted by Gasteiger charge is -2.18. The first-order valence-electron chi connectivity index (χ1n) is 24.7. The Kier molecular flexibility index (Phi) is 16.5. The molecule has 8 bridgehead atoms. The van der Waals surface area contributed by atoms with E-state index in [0.29, 0.717) is 45.8 Å². The molecule has 1 aliphatic carbocycles. The number of fused-ring (bicyclic) bond motifs is 8. The van der Waals surface area contributed by atoms with Crippen LogP contribution in [0.5, 0.6) is 0 Å². The number of carbonyl (C=O) groups excluding carboxylic acids is 4. The van der Waals surface area contributed by atoms with Gasteiger partial charge >= 0.3 is 11.9 Å². The average Bonchev–Trinajstić information content (AvgIpc) is 4.00. The summed E-state index contributed by atoms with van der Waals surface area (Å²) in [7, 11) is 1.30. The van der Waals surface area contributed by atoms with Crippen LogP contribution in [-0.4, -0.2) is 57.2 Å². The number of rotatable bonds is 20. The second-order valence-corrected chi connectivity index (χ2v) is 20.3. The summed E-state index contributed by atoms with van der Waals surface area (Å²) in [6.45, 7) is 23.5. The van der Waals surface area contributed by atoms with Crippen molar-refractivity contribution in [2.45, 2.75) is 183 Å². The van der Waals surface area contributed by atoms with Gasteiger partial charge in [-0.2, -0.15) is 0 Å². The minimum atomic E-state index is -1.21. The van der Waals surface area contributed by atoms with Gasteiger partial charge in [0.2, 0.25) is 0 Å². The topological polar surface area (TPSA) is 144 Å². The number of ether oxygens (including phenoxy) is 2. The van der Waals surface area contributed by atoms with Crippen LogP contribution in [0.4, 0.5) is 0 Å². The third-order valence-corrected chi connectivity index (χ3v) is 14.9. The maximum Gasteiger partial charge on any atom is 0.321 e. The summed E-state index contributed by atoms with van der Waals surface area (Å²) < 4.78 is 11.1. The Morgan fingerprint density at radius 1 is 0.769 bits per heavy atom. The van der Waals surface area contributed by atoms with Crippen molar-refractivity contribution in [3.8, 4) is 0 Å². The lowest BCUT2D eigenvalue weighted by atomic mass is 9.84. The van der Waals surface area contributed by atoms with Crippen LogP contribution in [0.15, 0.2) is 29.8 Å². The van der Waals surface area contributed by atoms with Gasteiger partial charge in [0.05, 0.1) is 23.8 Å². The highest BCUT2D eigenvalue weighted by molar-refractivity contribution is 6.23. The van der Waals surface area contributed by atoms with Crippen LogP contribution in [0.1, 0.15) is 229 Å². The fourth-order valence-corrected chi connectivity index (χ4v) is 10.8. The molecule has 2 N–H and O–H groups in total. The molecular formula is C55H76N4O6. The van der Waals surface area contributed by atoms with Crippen molar-refractivity contribution in [1.82, 2.24) is 19.9 Å². The number of aromatic amines is 2. The molecule has 352 valence electrons. The number of carbonyl (C=O) groups is 4. The van der Waals surface area contributed by atoms with E-state index >= 15 is 0 Å². The first-order chi connectivity index (χ1) is 30.9. The molecule has 3 aromatic rings. The number of Topliss-reactive ketones (excluding diaryl/α,β-unsaturated/α-hetero) is 2. The van der Waals surface area contributed by atoms with E-state index in [1.165, 1.54) is 57.6 Å². The molecule has 2 aliphatic heterocycles. The summed E-state index contributed by atoms with van der Waals surface area (Å²) >= 11 is 0. The maximum atomic E-state index is 14.4. The summed E-state index contributed by atoms with van der Waals surface area (Å²) in [6, 6.07) is 5.99. The lowest BCUT2D eigenvalue weighted by molar-refractivity contribution is -0.143. The molecule has 6 rings (SSSR count). The largest absolute Gasteiger partial charge is 0.468 e. The Morgan fingerprint density at radius 2 is 1.37 bits per heavy atom. The summed E-state index contributed by atoms with van der Waals surface area (Å²) in [4.78, 5) is 72.1. The molecule has 10 heteroatoms. The van der Waals surface area contributed by atoms with Crippen molar-refractivity contribution in [3.05, 3.63) is 80.4 Å². The zero-order valence-electron chi connectivity index (χ0n) is 41.5. The van der Waals surface area contributed by atoms with Crippen molar-refractivity contribution in [3.63, 3.8) is 0 Å². The highest BCUT2D eigenvalue weighted by atomic mass is 16.5. The highest BCUT2D eigenvalue weighted by Crippen LogP contribution is 2.48. The van der Waals surface area contributed by atoms with Gasteiger partial charge in [-0.15, -0.1) is 0 Å². The Labute approximate surface area is 387 Å². The number of H-pyrrole nitrogens is 2. The van der Waals surface area contributed by atoms with Gasteiger partial charge in [-0.05, 0) is 107 Å². The van der Waals surface area contributed by atoms with Gasteiger partial charge in [-0.25, -0.2) is 0 Å². The standard InChI is InChI=1S/C55H76N4O6/c1-13-39-34(7)41-29-46-48(38(11)60)36(9)43(57-46)27-42-35(8)40(52(58-42)50-51(55(63)64-12)54(62)49-37(10)44(59-53(49)50)28-45(39)56-41)23-24-47(61)65-26-25-33(6)22-16-21-32(5)20-15-19-31(4)18-14-17-30(2)3/h25,27-32,34-35,39-40,51,57,59H,13-24,26H2,1-12H3/b33-25+,41-29?,42-27?,43-27?,44-28?,45-28?,46-29?,52-50?/t31-,32-,34-,35+,39-,40+,51-/m1/s1. The molecule has 5 heterocycles. The quantitative estimate of drug-likeness (QED) is 0.0494. The van der Waals surface area contributed by atoms with E-state index in [2.05, 4.69) is 65.4 Å². The van der Waals surface area contributed by atoms with E-state index in [1.807, 2.05) is 38.1 Å². The summed E-state index contributed by atoms with van der Waals surface area (Å²) in [5.74, 6) is -0.573. The second-order valence-electron chi connectivity index (χ2n) is 20.3. The van der Waals surface area contributed by atoms with Crippen LogP contribution in [0.3, 0.4) is 0 Å². The van der Waals surface area contributed by atoms with Crippen molar-refractivity contribution in [2.24, 2.45) is 17.8 Å². The molecule has 0 saturated carbocycles. The summed E-state index contributed by atoms with van der Waals surface area (Å²) in [5, 5.41) is 0. The van der Waals surface area contributed by atoms with Crippen molar-refractivity contribution in [2.75, 3.05) is 13.7 Å². The molecule has 0 unspecified atom stereocenters. The Morgan fingerprint density at radius 3 is 2.02 bits per heavy atom. The van der Waals surface area contributed by atoms with Crippen LogP contribution in [0.25, 0.3) is 22.1 Å². The number of nitrogens with zero attached hydrogens (tertiary/aromatic N) is 2. The third-order valence-electron chi connectivity index (χ3n) is 14.9. The molecule has 0 radical (unpaired) electrons. The zero-order valence-corrected chi connectivity index (χ0v) is 41.5. The van der Waals surface area contributed by atoms with Crippen LogP contribution in [0.2, 0.25) is 0 Å². The molecule has 0 spiro atoms. The van der Waals surface area contributed by atoms with Gasteiger partial charge in [-0.3, -0.25) is 29.1 Å². The minimum absolute atomic E-state index is 0.0532. The molecule has 0 fully saturated rings. The van der Waals surface area contributed by atoms with Crippen molar-refractivity contribution < 1.29 is 28.7 Å². The van der Waals surface area contributed by atoms with Crippen LogP contribution in [-0.2, 0) is 19.1 Å². The second kappa shape index (κ2) is 21.6. The molecule has 0 amide bonds. The van der Waals surface area contributed by atoms with Gasteiger partial charge in [0.1, 0.15) is 12.5 Å². The Balaban J connectivity index is 1.25. The first-order valence-corrected chi connectivity index (χ1v) is 24.7. The van der Waals surface area contributed by atoms with Gasteiger partial charge in [0.25, 0.3) is 0 Å². The number of nitrogens with one attached hydrogen (secondary N) is 2. The number of aromatic nitrogens is 4. The van der Waals surface area contributed by atoms with E-state index in [1.54, 1.807) is 6.92 Å². The van der Waals surface area contributed by atoms with Gasteiger partial charge in [0.15, 0.2) is 11.6 Å². The predicted octanol–water partition coefficient (Wildman–Crippen LogP) is 13.5. The molecule has 0 aromatic carbocycles. The number of hydrogen-bond donors (Lipinski definition) is 2. The maximum absolute atomic E-state index is 14.4. The van der Waals surface area contributed by atoms with Gasteiger partial charge in [-0.1, -0.05) is 99.0 Å². The number of methoxy groups -OCH3 is 1. The van der Waals surface area contributed by atoms with Crippen molar-refractivity contribution in [1.29, 1.82) is 0 Å². The Bertz CT molecular complexity index is 2450. The highest BCUT2D eigenvalue weighted by Gasteiger charge is 2.45. The van der Waals surface area contributed by atoms with Crippen LogP contribution < -0.4 is 0 Å². The molecular weight excluding hydrogens is 813 g/mol. The van der Waals surface area contributed by atoms with Gasteiger partial charge < -0.3 is 19.4 Å². The SMILES string of the molecule is CC[C@H]1c2cc3[nH]c4c(c3C)C(=O)[C@H](C(=O)OC)c4c3nc(cc4[nH]c(cc(n2)[C@@H]1C)c(C(C)=O)c4C)[C@@H](C)[C@@H]3CCC(=O)OC/C=C(\C)CCC[C@H](C)CCC[C@H](C)CCCC(C)C. The monoisotopic (exact) mass is 889 g/mol. The van der Waals surface area contributed by atoms with E-state index < -0.39 is 11.9 Å². The Hall–Kier alpha value is -4.86. The normalized spacial score (nSPS) is 20.4. The average molecular weight is 889 g/mol. The third kappa shape index (κ3) is 11.1. The molecule has 65 heavy (non-hydrogen) atoms. The molecule has 0 saturated heterocycles. The molecule has 7 atom stereocenters. The van der Waals surface area contributed by atoms with E-state index in [-0.39, 0.29) is 54.2 Å². The number of esters is 2. The lowest BCUT2D eigenvalue weighted by Crippen LogP contribution is -2.21. The van der Waals surface area contributed by atoms with E-state index in [9.17, 15) is 19.2 Å². The zero-order chi connectivity index (χ0) is 47.3.